The summed E-state index contributed by atoms with van der Waals surface area (Å²) in [6.07, 6.45) is 4.55. The SMILES string of the molecule is Cl[C@H]1CCCC[C@@H]1[Se](Cl)(Cl)c1ccccc1. The van der Waals surface area contributed by atoms with Crippen molar-refractivity contribution in [3.05, 3.63) is 30.3 Å². The van der Waals surface area contributed by atoms with E-state index in [0.717, 1.165) is 17.3 Å². The van der Waals surface area contributed by atoms with Gasteiger partial charge in [-0.15, -0.1) is 0 Å². The molecule has 1 aromatic rings. The van der Waals surface area contributed by atoms with E-state index in [1.807, 2.05) is 30.3 Å². The van der Waals surface area contributed by atoms with Crippen molar-refractivity contribution in [1.29, 1.82) is 0 Å². The molecule has 0 bridgehead atoms. The van der Waals surface area contributed by atoms with Crippen molar-refractivity contribution in [3.63, 3.8) is 0 Å². The summed E-state index contributed by atoms with van der Waals surface area (Å²) in [5.41, 5.74) is 0. The minimum absolute atomic E-state index is 0.156. The average molecular weight is 345 g/mol. The van der Waals surface area contributed by atoms with E-state index in [9.17, 15) is 0 Å². The normalized spacial score (nSPS) is 27.7. The number of hydrogen-bond donors (Lipinski definition) is 0. The molecule has 4 heteroatoms. The second-order valence-corrected chi connectivity index (χ2v) is 15.0. The molecule has 90 valence electrons. The van der Waals surface area contributed by atoms with Crippen molar-refractivity contribution < 1.29 is 0 Å². The first-order chi connectivity index (χ1) is 7.62. The summed E-state index contributed by atoms with van der Waals surface area (Å²) in [6.45, 7) is 0. The molecule has 0 unspecified atom stereocenters. The van der Waals surface area contributed by atoms with Crippen LogP contribution in [0.15, 0.2) is 30.3 Å². The Morgan fingerprint density at radius 1 is 1.00 bits per heavy atom. The molecule has 1 aromatic carbocycles. The van der Waals surface area contributed by atoms with Crippen LogP contribution in [-0.2, 0) is 0 Å². The van der Waals surface area contributed by atoms with Gasteiger partial charge in [-0.05, 0) is 0 Å². The van der Waals surface area contributed by atoms with Crippen molar-refractivity contribution in [3.8, 4) is 0 Å². The number of halogens is 3. The molecule has 0 aliphatic heterocycles. The summed E-state index contributed by atoms with van der Waals surface area (Å²) < 4.78 is 1.11. The van der Waals surface area contributed by atoms with Gasteiger partial charge in [-0.25, -0.2) is 0 Å². The Bertz CT molecular complexity index is 339. The van der Waals surface area contributed by atoms with Crippen LogP contribution in [0.25, 0.3) is 0 Å². The van der Waals surface area contributed by atoms with Crippen LogP contribution in [0.5, 0.6) is 0 Å². The number of benzene rings is 1. The van der Waals surface area contributed by atoms with Crippen LogP contribution in [0, 0.1) is 0 Å². The molecule has 0 saturated heterocycles. The molecule has 0 radical (unpaired) electrons. The van der Waals surface area contributed by atoms with Gasteiger partial charge in [0.05, 0.1) is 0 Å². The molecular weight excluding hydrogens is 329 g/mol. The van der Waals surface area contributed by atoms with Crippen molar-refractivity contribution in [2.75, 3.05) is 0 Å². The summed E-state index contributed by atoms with van der Waals surface area (Å²) in [7, 11) is 13.3. The Balaban J connectivity index is 2.23. The quantitative estimate of drug-likeness (QED) is 0.552. The zero-order chi connectivity index (χ0) is 11.6. The molecule has 1 aliphatic rings. The summed E-state index contributed by atoms with van der Waals surface area (Å²) in [6, 6.07) is 10.1. The summed E-state index contributed by atoms with van der Waals surface area (Å²) in [4.78, 5) is 0.303. The molecule has 0 spiro atoms. The van der Waals surface area contributed by atoms with Gasteiger partial charge >= 0.3 is 113 Å². The molecule has 0 amide bonds. The summed E-state index contributed by atoms with van der Waals surface area (Å²) >= 11 is 3.76. The van der Waals surface area contributed by atoms with E-state index in [4.69, 9.17) is 31.8 Å². The van der Waals surface area contributed by atoms with Crippen molar-refractivity contribution >= 4 is 47.3 Å². The first-order valence-corrected chi connectivity index (χ1v) is 12.3. The van der Waals surface area contributed by atoms with E-state index in [1.54, 1.807) is 0 Å². The van der Waals surface area contributed by atoms with Gasteiger partial charge < -0.3 is 0 Å². The van der Waals surface area contributed by atoms with E-state index in [2.05, 4.69) is 0 Å². The fraction of sp³-hybridized carbons (Fsp3) is 0.500. The third-order valence-electron chi connectivity index (χ3n) is 3.06. The number of alkyl halides is 1. The third kappa shape index (κ3) is 2.71. The summed E-state index contributed by atoms with van der Waals surface area (Å²) in [5.74, 6) is 0. The maximum atomic E-state index is 6.67. The molecule has 0 aromatic heterocycles. The fourth-order valence-corrected chi connectivity index (χ4v) is 10.9. The monoisotopic (exact) mass is 344 g/mol. The van der Waals surface area contributed by atoms with Gasteiger partial charge in [-0.2, -0.15) is 0 Å². The predicted molar refractivity (Wildman–Crippen MR) is 75.4 cm³/mol. The van der Waals surface area contributed by atoms with Gasteiger partial charge in [-0.3, -0.25) is 0 Å². The van der Waals surface area contributed by atoms with Crippen LogP contribution in [0.4, 0.5) is 0 Å². The molecule has 0 nitrogen and oxygen atoms in total. The average Bonchev–Trinajstić information content (AvgIpc) is 2.30. The molecule has 16 heavy (non-hydrogen) atoms. The zero-order valence-corrected chi connectivity index (χ0v) is 12.9. The Labute approximate surface area is 113 Å². The Kier molecular flexibility index (Phi) is 4.49. The van der Waals surface area contributed by atoms with E-state index in [1.165, 1.54) is 12.8 Å². The molecule has 0 N–H and O–H groups in total. The fourth-order valence-electron chi connectivity index (χ4n) is 2.16. The Morgan fingerprint density at radius 2 is 1.62 bits per heavy atom. The van der Waals surface area contributed by atoms with Crippen molar-refractivity contribution in [1.82, 2.24) is 0 Å². The van der Waals surface area contributed by atoms with Crippen LogP contribution in [0.1, 0.15) is 25.7 Å². The number of rotatable bonds is 2. The van der Waals surface area contributed by atoms with Gasteiger partial charge in [0, 0.05) is 0 Å². The predicted octanol–water partition coefficient (Wildman–Crippen LogP) is 4.37. The molecule has 0 heterocycles. The van der Waals surface area contributed by atoms with Gasteiger partial charge in [0.1, 0.15) is 0 Å². The van der Waals surface area contributed by atoms with E-state index < -0.39 is 11.0 Å². The maximum absolute atomic E-state index is 6.67. The standard InChI is InChI=1S/C12H15Cl3Se/c13-11-8-4-5-9-12(11)16(14,15)10-6-2-1-3-7-10/h1-3,6-7,11-12H,4-5,8-9H2/t11-,12-/m0/s1. The summed E-state index contributed by atoms with van der Waals surface area (Å²) in [5, 5.41) is 0.156. The van der Waals surface area contributed by atoms with Gasteiger partial charge in [-0.1, -0.05) is 0 Å². The van der Waals surface area contributed by atoms with Crippen LogP contribution < -0.4 is 4.46 Å². The molecule has 2 rings (SSSR count). The van der Waals surface area contributed by atoms with E-state index in [-0.39, 0.29) is 5.38 Å². The van der Waals surface area contributed by atoms with E-state index >= 15 is 0 Å². The minimum atomic E-state index is -2.63. The third-order valence-corrected chi connectivity index (χ3v) is 12.8. The molecule has 1 aliphatic carbocycles. The Morgan fingerprint density at radius 3 is 2.25 bits per heavy atom. The molecule has 1 fully saturated rings. The zero-order valence-electron chi connectivity index (χ0n) is 8.91. The second kappa shape index (κ2) is 5.50. The van der Waals surface area contributed by atoms with Crippen LogP contribution in [0.3, 0.4) is 0 Å². The van der Waals surface area contributed by atoms with Crippen molar-refractivity contribution in [2.24, 2.45) is 0 Å². The van der Waals surface area contributed by atoms with Crippen LogP contribution in [0.2, 0.25) is 4.82 Å². The first-order valence-electron chi connectivity index (χ1n) is 5.53. The van der Waals surface area contributed by atoms with Crippen LogP contribution >= 0.6 is 31.8 Å². The van der Waals surface area contributed by atoms with Gasteiger partial charge in [0.2, 0.25) is 0 Å². The van der Waals surface area contributed by atoms with Crippen molar-refractivity contribution in [2.45, 2.75) is 35.9 Å². The molecule has 2 atom stereocenters. The first kappa shape index (κ1) is 13.1. The van der Waals surface area contributed by atoms with Gasteiger partial charge in [0.25, 0.3) is 0 Å². The molecular formula is C12H15Cl3Se. The molecule has 1 saturated carbocycles. The Hall–Kier alpha value is 0.609. The van der Waals surface area contributed by atoms with E-state index in [0.29, 0.717) is 4.82 Å². The topological polar surface area (TPSA) is 0 Å². The second-order valence-electron chi connectivity index (χ2n) is 4.16. The van der Waals surface area contributed by atoms with Gasteiger partial charge in [0.15, 0.2) is 0 Å². The van der Waals surface area contributed by atoms with Crippen LogP contribution in [-0.4, -0.2) is 16.4 Å². The number of hydrogen-bond acceptors (Lipinski definition) is 0.